The number of hydrogen-bond acceptors (Lipinski definition) is 7. The molecule has 8 nitrogen and oxygen atoms in total. The van der Waals surface area contributed by atoms with Crippen LogP contribution in [0.4, 0.5) is 20.3 Å². The highest BCUT2D eigenvalue weighted by molar-refractivity contribution is 6.20. The number of carbonyl (C=O) groups excluding carboxylic acids is 1. The van der Waals surface area contributed by atoms with E-state index in [1.54, 1.807) is 18.5 Å². The fourth-order valence-corrected chi connectivity index (χ4v) is 4.26. The summed E-state index contributed by atoms with van der Waals surface area (Å²) >= 11 is 4.76. The molecule has 170 valence electrons. The zero-order valence-corrected chi connectivity index (χ0v) is 17.9. The zero-order chi connectivity index (χ0) is 23.2. The second kappa shape index (κ2) is 8.20. The van der Waals surface area contributed by atoms with Gasteiger partial charge in [-0.2, -0.15) is 0 Å². The van der Waals surface area contributed by atoms with Crippen LogP contribution in [0.5, 0.6) is 5.75 Å². The third kappa shape index (κ3) is 4.57. The van der Waals surface area contributed by atoms with Gasteiger partial charge >= 0.3 is 5.57 Å². The number of nitrogens with zero attached hydrogens (tertiary/aromatic N) is 4. The highest BCUT2D eigenvalue weighted by Crippen LogP contribution is 2.46. The Balaban J connectivity index is 1.37. The quantitative estimate of drug-likeness (QED) is 0.530. The zero-order valence-electron chi connectivity index (χ0n) is 17.2. The molecule has 3 heterocycles. The number of piperidine rings is 1. The van der Waals surface area contributed by atoms with E-state index in [9.17, 15) is 13.6 Å². The Hall–Kier alpha value is -3.37. The van der Waals surface area contributed by atoms with E-state index < -0.39 is 11.5 Å². The summed E-state index contributed by atoms with van der Waals surface area (Å²) in [5.74, 6) is 1.16. The van der Waals surface area contributed by atoms with Crippen molar-refractivity contribution in [1.29, 1.82) is 0 Å². The number of alkyl halides is 3. The van der Waals surface area contributed by atoms with Gasteiger partial charge in [0.05, 0.1) is 5.56 Å². The smallest absolute Gasteiger partial charge is 0.420 e. The number of hydrogen-bond donors (Lipinski definition) is 2. The maximum Gasteiger partial charge on any atom is 0.487 e. The number of carbonyl (C=O) groups is 1. The van der Waals surface area contributed by atoms with Gasteiger partial charge in [-0.3, -0.25) is 4.79 Å². The van der Waals surface area contributed by atoms with Crippen LogP contribution in [0.15, 0.2) is 55.2 Å². The third-order valence-corrected chi connectivity index (χ3v) is 5.98. The number of benzene rings is 1. The van der Waals surface area contributed by atoms with Crippen molar-refractivity contribution >= 4 is 29.0 Å². The molecule has 1 saturated heterocycles. The Morgan fingerprint density at radius 3 is 2.45 bits per heavy atom. The molecule has 5 rings (SSSR count). The molecule has 0 radical (unpaired) electrons. The number of nitrogens with two attached hydrogens (primary N) is 1. The maximum absolute atomic E-state index is 12.9. The van der Waals surface area contributed by atoms with Crippen molar-refractivity contribution in [3.05, 3.63) is 60.8 Å². The molecule has 2 aliphatic rings. The fraction of sp³-hybridized carbons (Fsp3) is 0.273. The van der Waals surface area contributed by atoms with Gasteiger partial charge in [0.2, 0.25) is 0 Å². The van der Waals surface area contributed by atoms with Gasteiger partial charge < -0.3 is 20.7 Å². The summed E-state index contributed by atoms with van der Waals surface area (Å²) in [5, 5.41) is 2.72. The number of aromatic nitrogens is 3. The summed E-state index contributed by atoms with van der Waals surface area (Å²) in [6.45, 7) is 1.64. The summed E-state index contributed by atoms with van der Waals surface area (Å²) in [6, 6.07) is 7.42. The van der Waals surface area contributed by atoms with Crippen molar-refractivity contribution in [2.45, 2.75) is 11.6 Å². The van der Waals surface area contributed by atoms with Crippen molar-refractivity contribution in [2.75, 3.05) is 23.3 Å². The number of rotatable bonds is 6. The van der Waals surface area contributed by atoms with Crippen LogP contribution in [0, 0.1) is 11.8 Å². The first kappa shape index (κ1) is 21.5. The molecule has 1 aromatic carbocycles. The van der Waals surface area contributed by atoms with E-state index in [2.05, 4.69) is 29.9 Å². The number of ether oxygens (including phenoxy) is 1. The van der Waals surface area contributed by atoms with Crippen LogP contribution in [0.25, 0.3) is 11.1 Å². The number of halogens is 3. The van der Waals surface area contributed by atoms with Crippen LogP contribution in [-0.4, -0.2) is 45.6 Å². The molecule has 1 aliphatic heterocycles. The molecule has 0 spiro atoms. The normalized spacial score (nSPS) is 21.5. The highest BCUT2D eigenvalue weighted by Gasteiger charge is 2.54. The van der Waals surface area contributed by atoms with E-state index in [0.29, 0.717) is 23.1 Å². The second-order valence-corrected chi connectivity index (χ2v) is 8.50. The van der Waals surface area contributed by atoms with Gasteiger partial charge in [0.15, 0.2) is 0 Å². The van der Waals surface area contributed by atoms with Crippen molar-refractivity contribution in [1.82, 2.24) is 15.0 Å². The lowest BCUT2D eigenvalue weighted by atomic mass is 10.1. The van der Waals surface area contributed by atoms with Gasteiger partial charge in [0.25, 0.3) is 5.91 Å². The van der Waals surface area contributed by atoms with E-state index in [1.807, 2.05) is 0 Å². The summed E-state index contributed by atoms with van der Waals surface area (Å²) in [6.07, 6.45) is 6.28. The van der Waals surface area contributed by atoms with E-state index in [0.717, 1.165) is 30.0 Å². The van der Waals surface area contributed by atoms with Crippen LogP contribution in [0.1, 0.15) is 10.4 Å². The molecule has 3 N–H and O–H groups in total. The van der Waals surface area contributed by atoms with Crippen molar-refractivity contribution < 1.29 is 18.3 Å². The third-order valence-electron chi connectivity index (χ3n) is 5.91. The molecule has 1 amide bonds. The Labute approximate surface area is 192 Å². The lowest BCUT2D eigenvalue weighted by molar-refractivity contribution is -0.0964. The number of amides is 1. The monoisotopic (exact) mass is 472 g/mol. The number of pyridine rings is 1. The average molecular weight is 473 g/mol. The topological polar surface area (TPSA) is 106 Å². The van der Waals surface area contributed by atoms with E-state index in [4.69, 9.17) is 17.3 Å². The molecule has 0 bridgehead atoms. The molecule has 1 unspecified atom stereocenters. The summed E-state index contributed by atoms with van der Waals surface area (Å²) in [7, 11) is 0. The minimum atomic E-state index is -3.81. The Bertz CT molecular complexity index is 1160. The summed E-state index contributed by atoms with van der Waals surface area (Å²) in [5.41, 5.74) is 4.46. The predicted octanol–water partition coefficient (Wildman–Crippen LogP) is 3.35. The van der Waals surface area contributed by atoms with Crippen molar-refractivity contribution in [3.8, 4) is 16.9 Å². The van der Waals surface area contributed by atoms with Crippen LogP contribution in [0.2, 0.25) is 0 Å². The van der Waals surface area contributed by atoms with Gasteiger partial charge in [-0.1, -0.05) is 0 Å². The van der Waals surface area contributed by atoms with Crippen molar-refractivity contribution in [3.63, 3.8) is 0 Å². The fourth-order valence-electron chi connectivity index (χ4n) is 4.17. The van der Waals surface area contributed by atoms with Gasteiger partial charge in [-0.25, -0.2) is 15.0 Å². The number of anilines is 2. The Kier molecular flexibility index (Phi) is 5.34. The van der Waals surface area contributed by atoms with Crippen LogP contribution in [-0.2, 0) is 0 Å². The van der Waals surface area contributed by atoms with E-state index >= 15 is 0 Å². The first-order valence-corrected chi connectivity index (χ1v) is 10.6. The lowest BCUT2D eigenvalue weighted by Crippen LogP contribution is -2.29. The van der Waals surface area contributed by atoms with E-state index in [1.165, 1.54) is 36.8 Å². The number of fused-ring (bicyclic) bond motifs is 1. The lowest BCUT2D eigenvalue weighted by Gasteiger charge is -2.23. The van der Waals surface area contributed by atoms with Gasteiger partial charge in [0.1, 0.15) is 17.9 Å². The standard InChI is InChI=1S/C22H19ClF2N6O2/c23-22(24,25)33-15-3-1-14(2-4-15)30-21(32)12-5-16(13-6-27-11-28-7-13)20(29-8-12)31-9-17-18(10-31)19(17)26/h1-8,11,17-19H,9-10,26H2,(H,30,32)/t17-,18+,19?. The summed E-state index contributed by atoms with van der Waals surface area (Å²) < 4.78 is 29.8. The first-order chi connectivity index (χ1) is 15.8. The molecule has 3 atom stereocenters. The molecule has 11 heteroatoms. The molecule has 33 heavy (non-hydrogen) atoms. The summed E-state index contributed by atoms with van der Waals surface area (Å²) in [4.78, 5) is 27.8. The molecule has 1 aliphatic carbocycles. The van der Waals surface area contributed by atoms with Gasteiger partial charge in [-0.15, -0.1) is 8.78 Å². The van der Waals surface area contributed by atoms with E-state index in [-0.39, 0.29) is 11.8 Å². The SMILES string of the molecule is NC1[C@H]2CN(c3ncc(C(=O)Nc4ccc(OC(F)(F)Cl)cc4)cc3-c3cncnc3)C[C@@H]12. The molecule has 1 saturated carbocycles. The van der Waals surface area contributed by atoms with Crippen LogP contribution < -0.4 is 20.7 Å². The molecule has 2 aromatic heterocycles. The minimum absolute atomic E-state index is 0.131. The largest absolute Gasteiger partial charge is 0.487 e. The molecule has 2 fully saturated rings. The van der Waals surface area contributed by atoms with Gasteiger partial charge in [0, 0.05) is 66.1 Å². The Morgan fingerprint density at radius 1 is 1.15 bits per heavy atom. The van der Waals surface area contributed by atoms with Crippen LogP contribution in [0.3, 0.4) is 0 Å². The van der Waals surface area contributed by atoms with Crippen molar-refractivity contribution in [2.24, 2.45) is 17.6 Å². The molecule has 3 aromatic rings. The maximum atomic E-state index is 12.9. The predicted molar refractivity (Wildman–Crippen MR) is 118 cm³/mol. The molecular formula is C22H19ClF2N6O2. The Morgan fingerprint density at radius 2 is 1.82 bits per heavy atom. The minimum Gasteiger partial charge on any atom is -0.420 e. The van der Waals surface area contributed by atoms with Crippen LogP contribution >= 0.6 is 11.6 Å². The molecular weight excluding hydrogens is 454 g/mol. The van der Waals surface area contributed by atoms with Gasteiger partial charge in [-0.05, 0) is 42.2 Å². The average Bonchev–Trinajstić information content (AvgIpc) is 3.19. The second-order valence-electron chi connectivity index (χ2n) is 8.06. The highest BCUT2D eigenvalue weighted by atomic mass is 35.5. The first-order valence-electron chi connectivity index (χ1n) is 10.2. The number of nitrogens with one attached hydrogen (secondary N) is 1.